The van der Waals surface area contributed by atoms with Gasteiger partial charge in [-0.15, -0.1) is 6.58 Å². The van der Waals surface area contributed by atoms with Crippen LogP contribution in [-0.2, 0) is 15.1 Å². The second-order valence-corrected chi connectivity index (χ2v) is 4.56. The van der Waals surface area contributed by atoms with E-state index in [1.54, 1.807) is 38.1 Å². The molecule has 18 heavy (non-hydrogen) atoms. The topological polar surface area (TPSA) is 46.5 Å². The van der Waals surface area contributed by atoms with Crippen molar-refractivity contribution in [2.75, 3.05) is 6.61 Å². The smallest absolute Gasteiger partial charge is 0.316 e. The number of rotatable bonds is 5. The van der Waals surface area contributed by atoms with E-state index < -0.39 is 17.5 Å². The molecule has 0 amide bonds. The molecule has 0 aliphatic carbocycles. The molecule has 0 aromatic heterocycles. The van der Waals surface area contributed by atoms with E-state index in [2.05, 4.69) is 6.58 Å². The largest absolute Gasteiger partial charge is 0.465 e. The first kappa shape index (κ1) is 14.7. The van der Waals surface area contributed by atoms with Gasteiger partial charge < -0.3 is 9.84 Å². The van der Waals surface area contributed by atoms with Crippen molar-refractivity contribution < 1.29 is 14.6 Å². The number of aliphatic hydroxyl groups is 1. The molecule has 1 N–H and O–H groups in total. The highest BCUT2D eigenvalue weighted by atomic mass is 35.5. The third-order valence-corrected chi connectivity index (χ3v) is 3.06. The summed E-state index contributed by atoms with van der Waals surface area (Å²) in [6, 6.07) is 6.68. The summed E-state index contributed by atoms with van der Waals surface area (Å²) in [6.45, 7) is 7.12. The van der Waals surface area contributed by atoms with Crippen molar-refractivity contribution in [3.63, 3.8) is 0 Å². The van der Waals surface area contributed by atoms with E-state index in [9.17, 15) is 9.90 Å². The zero-order chi connectivity index (χ0) is 13.8. The van der Waals surface area contributed by atoms with E-state index in [1.165, 1.54) is 6.08 Å². The highest BCUT2D eigenvalue weighted by molar-refractivity contribution is 6.30. The lowest BCUT2D eigenvalue weighted by atomic mass is 9.83. The Labute approximate surface area is 112 Å². The zero-order valence-electron chi connectivity index (χ0n) is 10.5. The lowest BCUT2D eigenvalue weighted by Crippen LogP contribution is -2.37. The van der Waals surface area contributed by atoms with E-state index in [-0.39, 0.29) is 6.61 Å². The summed E-state index contributed by atoms with van der Waals surface area (Å²) in [5, 5.41) is 11.1. The highest BCUT2D eigenvalue weighted by Crippen LogP contribution is 2.31. The monoisotopic (exact) mass is 268 g/mol. The van der Waals surface area contributed by atoms with Crippen LogP contribution in [-0.4, -0.2) is 17.7 Å². The SMILES string of the molecule is C=C[C@@H](C(=O)OCC)[C@@](C)(O)c1ccc(Cl)cc1. The van der Waals surface area contributed by atoms with Crippen molar-refractivity contribution >= 4 is 17.6 Å². The van der Waals surface area contributed by atoms with E-state index in [1.807, 2.05) is 0 Å². The number of ether oxygens (including phenoxy) is 1. The van der Waals surface area contributed by atoms with E-state index in [0.717, 1.165) is 0 Å². The molecule has 1 aromatic carbocycles. The first-order valence-corrected chi connectivity index (χ1v) is 6.08. The van der Waals surface area contributed by atoms with Gasteiger partial charge >= 0.3 is 5.97 Å². The number of hydrogen-bond acceptors (Lipinski definition) is 3. The van der Waals surface area contributed by atoms with Crippen LogP contribution in [0.3, 0.4) is 0 Å². The lowest BCUT2D eigenvalue weighted by molar-refractivity contribution is -0.154. The Hall–Kier alpha value is -1.32. The standard InChI is InChI=1S/C14H17ClO3/c1-4-12(13(16)18-5-2)14(3,17)10-6-8-11(15)9-7-10/h4,6-9,12,17H,1,5H2,2-3H3/t12-,14-/m0/s1. The number of halogens is 1. The Bertz CT molecular complexity index is 423. The molecule has 0 heterocycles. The molecule has 0 unspecified atom stereocenters. The quantitative estimate of drug-likeness (QED) is 0.660. The van der Waals surface area contributed by atoms with Crippen LogP contribution in [0.15, 0.2) is 36.9 Å². The predicted molar refractivity (Wildman–Crippen MR) is 71.3 cm³/mol. The number of esters is 1. The minimum atomic E-state index is -1.38. The molecule has 0 saturated heterocycles. The van der Waals surface area contributed by atoms with Crippen LogP contribution in [0, 0.1) is 5.92 Å². The van der Waals surface area contributed by atoms with Crippen LogP contribution in [0.5, 0.6) is 0 Å². The number of benzene rings is 1. The molecule has 98 valence electrons. The molecule has 3 nitrogen and oxygen atoms in total. The maximum Gasteiger partial charge on any atom is 0.316 e. The summed E-state index contributed by atoms with van der Waals surface area (Å²) in [4.78, 5) is 11.8. The van der Waals surface area contributed by atoms with E-state index >= 15 is 0 Å². The number of hydrogen-bond donors (Lipinski definition) is 1. The van der Waals surface area contributed by atoms with Gasteiger partial charge in [-0.2, -0.15) is 0 Å². The molecule has 1 rings (SSSR count). The third kappa shape index (κ3) is 3.12. The molecule has 0 aliphatic heterocycles. The molecule has 4 heteroatoms. The molecule has 0 radical (unpaired) electrons. The van der Waals surface area contributed by atoms with Gasteiger partial charge in [0.2, 0.25) is 0 Å². The number of carbonyl (C=O) groups excluding carboxylic acids is 1. The van der Waals surface area contributed by atoms with Crippen LogP contribution < -0.4 is 0 Å². The zero-order valence-corrected chi connectivity index (χ0v) is 11.3. The van der Waals surface area contributed by atoms with Crippen molar-refractivity contribution in [2.45, 2.75) is 19.4 Å². The molecule has 0 fully saturated rings. The first-order valence-electron chi connectivity index (χ1n) is 5.71. The fourth-order valence-electron chi connectivity index (χ4n) is 1.75. The van der Waals surface area contributed by atoms with Crippen LogP contribution >= 0.6 is 11.6 Å². The summed E-state index contributed by atoms with van der Waals surface area (Å²) < 4.78 is 4.93. The molecular weight excluding hydrogens is 252 g/mol. The maximum atomic E-state index is 11.8. The molecule has 0 saturated carbocycles. The van der Waals surface area contributed by atoms with Crippen LogP contribution in [0.1, 0.15) is 19.4 Å². The Kier molecular flexibility index (Phi) is 4.93. The van der Waals surface area contributed by atoms with Gasteiger partial charge in [0.25, 0.3) is 0 Å². The van der Waals surface area contributed by atoms with Crippen molar-refractivity contribution in [3.05, 3.63) is 47.5 Å². The van der Waals surface area contributed by atoms with Crippen molar-refractivity contribution in [3.8, 4) is 0 Å². The predicted octanol–water partition coefficient (Wildman–Crippen LogP) is 2.91. The second-order valence-electron chi connectivity index (χ2n) is 4.12. The third-order valence-electron chi connectivity index (χ3n) is 2.81. The average molecular weight is 269 g/mol. The van der Waals surface area contributed by atoms with Crippen molar-refractivity contribution in [1.82, 2.24) is 0 Å². The summed E-state index contributed by atoms with van der Waals surface area (Å²) in [6.07, 6.45) is 1.40. The maximum absolute atomic E-state index is 11.8. The van der Waals surface area contributed by atoms with Crippen molar-refractivity contribution in [2.24, 2.45) is 5.92 Å². The Morgan fingerprint density at radius 3 is 2.56 bits per heavy atom. The van der Waals surface area contributed by atoms with Crippen molar-refractivity contribution in [1.29, 1.82) is 0 Å². The normalized spacial score (nSPS) is 15.6. The lowest BCUT2D eigenvalue weighted by Gasteiger charge is -2.29. The van der Waals surface area contributed by atoms with Gasteiger partial charge in [0.1, 0.15) is 11.5 Å². The Morgan fingerprint density at radius 2 is 2.11 bits per heavy atom. The molecule has 2 atom stereocenters. The summed E-state index contributed by atoms with van der Waals surface area (Å²) in [5.41, 5.74) is -0.789. The summed E-state index contributed by atoms with van der Waals surface area (Å²) in [5.74, 6) is -1.31. The summed E-state index contributed by atoms with van der Waals surface area (Å²) >= 11 is 5.79. The fraction of sp³-hybridized carbons (Fsp3) is 0.357. The summed E-state index contributed by atoms with van der Waals surface area (Å²) in [7, 11) is 0. The molecule has 0 aliphatic rings. The van der Waals surface area contributed by atoms with Gasteiger partial charge in [-0.25, -0.2) is 0 Å². The van der Waals surface area contributed by atoms with Gasteiger partial charge in [0, 0.05) is 5.02 Å². The van der Waals surface area contributed by atoms with Gasteiger partial charge in [0.15, 0.2) is 0 Å². The second kappa shape index (κ2) is 6.03. The Morgan fingerprint density at radius 1 is 1.56 bits per heavy atom. The van der Waals surface area contributed by atoms with E-state index in [4.69, 9.17) is 16.3 Å². The number of carbonyl (C=O) groups is 1. The minimum Gasteiger partial charge on any atom is -0.465 e. The van der Waals surface area contributed by atoms with Gasteiger partial charge in [-0.1, -0.05) is 29.8 Å². The molecule has 1 aromatic rings. The van der Waals surface area contributed by atoms with Crippen LogP contribution in [0.25, 0.3) is 0 Å². The highest BCUT2D eigenvalue weighted by Gasteiger charge is 2.37. The van der Waals surface area contributed by atoms with E-state index in [0.29, 0.717) is 10.6 Å². The molecule has 0 spiro atoms. The fourth-order valence-corrected chi connectivity index (χ4v) is 1.88. The van der Waals surface area contributed by atoms with Crippen LogP contribution in [0.2, 0.25) is 5.02 Å². The van der Waals surface area contributed by atoms with Gasteiger partial charge in [-0.3, -0.25) is 4.79 Å². The average Bonchev–Trinajstić information content (AvgIpc) is 2.30. The first-order chi connectivity index (χ1) is 8.43. The van der Waals surface area contributed by atoms with Crippen LogP contribution in [0.4, 0.5) is 0 Å². The van der Waals surface area contributed by atoms with Gasteiger partial charge in [0.05, 0.1) is 6.61 Å². The minimum absolute atomic E-state index is 0.264. The Balaban J connectivity index is 3.05. The molecule has 0 bridgehead atoms. The molecular formula is C14H17ClO3. The van der Waals surface area contributed by atoms with Gasteiger partial charge in [-0.05, 0) is 31.5 Å².